The summed E-state index contributed by atoms with van der Waals surface area (Å²) in [6, 6.07) is 3.25. The maximum atomic E-state index is 12.4. The van der Waals surface area contributed by atoms with Gasteiger partial charge in [0.1, 0.15) is 0 Å². The van der Waals surface area contributed by atoms with Crippen LogP contribution in [0.2, 0.25) is 0 Å². The van der Waals surface area contributed by atoms with Crippen LogP contribution in [-0.4, -0.2) is 14.8 Å². The third kappa shape index (κ3) is 2.22. The fourth-order valence-electron chi connectivity index (χ4n) is 1.32. The van der Waals surface area contributed by atoms with E-state index in [1.807, 2.05) is 0 Å². The first-order chi connectivity index (χ1) is 7.88. The Kier molecular flexibility index (Phi) is 2.53. The van der Waals surface area contributed by atoms with Crippen LogP contribution in [0.25, 0.3) is 5.82 Å². The average Bonchev–Trinajstić information content (AvgIpc) is 2.70. The number of rotatable bonds is 1. The second-order valence-electron chi connectivity index (χ2n) is 3.54. The summed E-state index contributed by atoms with van der Waals surface area (Å²) in [5, 5.41) is 3.61. The van der Waals surface area contributed by atoms with Crippen molar-refractivity contribution in [1.29, 1.82) is 0 Å². The molecule has 0 saturated heterocycles. The molecule has 0 fully saturated rings. The molecule has 0 bridgehead atoms. The monoisotopic (exact) mass is 242 g/mol. The van der Waals surface area contributed by atoms with Crippen molar-refractivity contribution >= 4 is 5.69 Å². The van der Waals surface area contributed by atoms with Gasteiger partial charge in [-0.05, 0) is 19.1 Å². The third-order valence-electron chi connectivity index (χ3n) is 2.17. The molecule has 0 spiro atoms. The first kappa shape index (κ1) is 11.4. The highest BCUT2D eigenvalue weighted by Crippen LogP contribution is 2.29. The number of hydrogen-bond donors (Lipinski definition) is 1. The Balaban J connectivity index is 2.47. The van der Waals surface area contributed by atoms with Crippen molar-refractivity contribution in [1.82, 2.24) is 14.8 Å². The molecule has 2 N–H and O–H groups in total. The molecule has 4 nitrogen and oxygen atoms in total. The van der Waals surface area contributed by atoms with E-state index in [-0.39, 0.29) is 11.5 Å². The molecule has 0 radical (unpaired) electrons. The molecule has 2 aromatic rings. The second-order valence-corrected chi connectivity index (χ2v) is 3.54. The number of nitrogens with zero attached hydrogens (tertiary/aromatic N) is 3. The summed E-state index contributed by atoms with van der Waals surface area (Å²) in [6.07, 6.45) is -2.82. The molecule has 2 aromatic heterocycles. The Morgan fingerprint density at radius 2 is 2.00 bits per heavy atom. The molecular weight excluding hydrogens is 233 g/mol. The normalized spacial score (nSPS) is 11.8. The molecule has 0 aliphatic carbocycles. The van der Waals surface area contributed by atoms with Gasteiger partial charge in [-0.1, -0.05) is 0 Å². The predicted molar refractivity (Wildman–Crippen MR) is 55.5 cm³/mol. The molecular formula is C10H9F3N4. The minimum absolute atomic E-state index is 0.195. The molecule has 90 valence electrons. The van der Waals surface area contributed by atoms with E-state index in [1.165, 1.54) is 0 Å². The number of nitrogens with two attached hydrogens (primary N) is 1. The average molecular weight is 242 g/mol. The van der Waals surface area contributed by atoms with Gasteiger partial charge in [0.2, 0.25) is 0 Å². The Morgan fingerprint density at radius 3 is 2.59 bits per heavy atom. The standard InChI is InChI=1S/C10H9F3N4/c1-6-2-3-8(14)9(16-6)17-5-7(4-15-17)10(11,12)13/h2-5H,14H2,1H3. The summed E-state index contributed by atoms with van der Waals surface area (Å²) in [7, 11) is 0. The molecule has 0 aliphatic heterocycles. The lowest BCUT2D eigenvalue weighted by molar-refractivity contribution is -0.137. The van der Waals surface area contributed by atoms with Gasteiger partial charge in [-0.3, -0.25) is 0 Å². The van der Waals surface area contributed by atoms with Crippen molar-refractivity contribution in [2.45, 2.75) is 13.1 Å². The van der Waals surface area contributed by atoms with E-state index < -0.39 is 11.7 Å². The maximum Gasteiger partial charge on any atom is 0.419 e. The predicted octanol–water partition coefficient (Wildman–Crippen LogP) is 2.18. The van der Waals surface area contributed by atoms with Crippen molar-refractivity contribution in [2.24, 2.45) is 0 Å². The number of halogens is 3. The summed E-state index contributed by atoms with van der Waals surface area (Å²) in [5.41, 5.74) is 5.72. The largest absolute Gasteiger partial charge is 0.419 e. The number of hydrogen-bond acceptors (Lipinski definition) is 3. The van der Waals surface area contributed by atoms with Gasteiger partial charge in [-0.25, -0.2) is 9.67 Å². The number of pyridine rings is 1. The molecule has 0 aromatic carbocycles. The Morgan fingerprint density at radius 1 is 1.29 bits per heavy atom. The highest BCUT2D eigenvalue weighted by molar-refractivity contribution is 5.53. The Labute approximate surface area is 94.9 Å². The van der Waals surface area contributed by atoms with Gasteiger partial charge < -0.3 is 5.73 Å². The van der Waals surface area contributed by atoms with Crippen LogP contribution in [0, 0.1) is 6.92 Å². The van der Waals surface area contributed by atoms with Crippen LogP contribution in [0.4, 0.5) is 18.9 Å². The SMILES string of the molecule is Cc1ccc(N)c(-n2cc(C(F)(F)F)cn2)n1. The van der Waals surface area contributed by atoms with Crippen LogP contribution >= 0.6 is 0 Å². The van der Waals surface area contributed by atoms with Crippen molar-refractivity contribution in [3.8, 4) is 5.82 Å². The molecule has 0 unspecified atom stereocenters. The van der Waals surface area contributed by atoms with Gasteiger partial charge in [0.05, 0.1) is 17.4 Å². The van der Waals surface area contributed by atoms with Crippen molar-refractivity contribution in [3.63, 3.8) is 0 Å². The lowest BCUT2D eigenvalue weighted by Crippen LogP contribution is -2.05. The second kappa shape index (κ2) is 3.76. The van der Waals surface area contributed by atoms with E-state index in [0.717, 1.165) is 17.1 Å². The van der Waals surface area contributed by atoms with Gasteiger partial charge >= 0.3 is 6.18 Å². The van der Waals surface area contributed by atoms with E-state index in [1.54, 1.807) is 19.1 Å². The van der Waals surface area contributed by atoms with Crippen molar-refractivity contribution in [2.75, 3.05) is 5.73 Å². The van der Waals surface area contributed by atoms with Crippen LogP contribution < -0.4 is 5.73 Å². The molecule has 7 heteroatoms. The van der Waals surface area contributed by atoms with E-state index in [9.17, 15) is 13.2 Å². The number of aromatic nitrogens is 3. The lowest BCUT2D eigenvalue weighted by atomic mass is 10.3. The van der Waals surface area contributed by atoms with Crippen LogP contribution in [0.15, 0.2) is 24.5 Å². The maximum absolute atomic E-state index is 12.4. The zero-order chi connectivity index (χ0) is 12.6. The van der Waals surface area contributed by atoms with E-state index in [0.29, 0.717) is 5.69 Å². The lowest BCUT2D eigenvalue weighted by Gasteiger charge is -2.05. The minimum Gasteiger partial charge on any atom is -0.396 e. The van der Waals surface area contributed by atoms with Gasteiger partial charge in [-0.15, -0.1) is 0 Å². The number of nitrogen functional groups attached to an aromatic ring is 1. The molecule has 0 saturated carbocycles. The summed E-state index contributed by atoms with van der Waals surface area (Å²) in [6.45, 7) is 1.72. The number of alkyl halides is 3. The third-order valence-corrected chi connectivity index (χ3v) is 2.17. The van der Waals surface area contributed by atoms with Crippen LogP contribution in [0.1, 0.15) is 11.3 Å². The highest BCUT2D eigenvalue weighted by Gasteiger charge is 2.32. The fraction of sp³-hybridized carbons (Fsp3) is 0.200. The molecule has 2 heterocycles. The first-order valence-corrected chi connectivity index (χ1v) is 4.73. The smallest absolute Gasteiger partial charge is 0.396 e. The quantitative estimate of drug-likeness (QED) is 0.833. The molecule has 0 atom stereocenters. The number of aryl methyl sites for hydroxylation is 1. The fourth-order valence-corrected chi connectivity index (χ4v) is 1.32. The Hall–Kier alpha value is -2.05. The van der Waals surface area contributed by atoms with Gasteiger partial charge in [0, 0.05) is 11.9 Å². The number of anilines is 1. The molecule has 0 amide bonds. The van der Waals surface area contributed by atoms with E-state index >= 15 is 0 Å². The summed E-state index contributed by atoms with van der Waals surface area (Å²) < 4.78 is 38.2. The summed E-state index contributed by atoms with van der Waals surface area (Å²) in [4.78, 5) is 4.05. The van der Waals surface area contributed by atoms with Crippen LogP contribution in [0.3, 0.4) is 0 Å². The Bertz CT molecular complexity index is 545. The highest BCUT2D eigenvalue weighted by atomic mass is 19.4. The van der Waals surface area contributed by atoms with Crippen LogP contribution in [0.5, 0.6) is 0 Å². The van der Waals surface area contributed by atoms with E-state index in [4.69, 9.17) is 5.73 Å². The molecule has 2 rings (SSSR count). The van der Waals surface area contributed by atoms with Gasteiger partial charge in [0.15, 0.2) is 5.82 Å². The zero-order valence-electron chi connectivity index (χ0n) is 8.86. The zero-order valence-corrected chi connectivity index (χ0v) is 8.86. The van der Waals surface area contributed by atoms with Gasteiger partial charge in [-0.2, -0.15) is 18.3 Å². The van der Waals surface area contributed by atoms with Crippen LogP contribution in [-0.2, 0) is 6.18 Å². The van der Waals surface area contributed by atoms with Crippen molar-refractivity contribution in [3.05, 3.63) is 35.8 Å². The first-order valence-electron chi connectivity index (χ1n) is 4.73. The molecule has 0 aliphatic rings. The van der Waals surface area contributed by atoms with Crippen molar-refractivity contribution < 1.29 is 13.2 Å². The minimum atomic E-state index is -4.42. The van der Waals surface area contributed by atoms with Gasteiger partial charge in [0.25, 0.3) is 0 Å². The molecule has 17 heavy (non-hydrogen) atoms. The summed E-state index contributed by atoms with van der Waals surface area (Å²) in [5.74, 6) is 0.195. The van der Waals surface area contributed by atoms with E-state index in [2.05, 4.69) is 10.1 Å². The summed E-state index contributed by atoms with van der Waals surface area (Å²) >= 11 is 0. The topological polar surface area (TPSA) is 56.7 Å².